The highest BCUT2D eigenvalue weighted by atomic mass is 32.2. The van der Waals surface area contributed by atoms with E-state index in [9.17, 15) is 26.4 Å². The van der Waals surface area contributed by atoms with E-state index >= 15 is 0 Å². The molecule has 1 aromatic heterocycles. The number of hydrogen-bond donors (Lipinski definition) is 1. The number of methoxy groups -OCH3 is 1. The number of rotatable bonds is 10. The molecule has 1 saturated heterocycles. The summed E-state index contributed by atoms with van der Waals surface area (Å²) >= 11 is 0. The Bertz CT molecular complexity index is 1710. The van der Waals surface area contributed by atoms with E-state index in [1.165, 1.54) is 18.5 Å². The van der Waals surface area contributed by atoms with Crippen LogP contribution in [0.25, 0.3) is 0 Å². The van der Waals surface area contributed by atoms with Gasteiger partial charge < -0.3 is 19.9 Å². The van der Waals surface area contributed by atoms with Gasteiger partial charge in [-0.05, 0) is 42.0 Å². The van der Waals surface area contributed by atoms with E-state index in [0.29, 0.717) is 37.5 Å². The molecule has 1 aliphatic heterocycles. The zero-order valence-electron chi connectivity index (χ0n) is 27.1. The van der Waals surface area contributed by atoms with Crippen molar-refractivity contribution < 1.29 is 31.1 Å². The third-order valence-electron chi connectivity index (χ3n) is 8.87. The Hall–Kier alpha value is -3.95. The van der Waals surface area contributed by atoms with Crippen LogP contribution >= 0.6 is 0 Å². The number of sulfonamides is 1. The number of aromatic nitrogens is 2. The van der Waals surface area contributed by atoms with E-state index in [4.69, 9.17) is 4.74 Å². The third-order valence-corrected chi connectivity index (χ3v) is 10.1. The van der Waals surface area contributed by atoms with Crippen molar-refractivity contribution in [1.82, 2.24) is 24.1 Å². The van der Waals surface area contributed by atoms with Gasteiger partial charge in [0, 0.05) is 65.3 Å². The molecular weight excluding hydrogens is 635 g/mol. The van der Waals surface area contributed by atoms with Crippen LogP contribution in [0, 0.1) is 5.92 Å². The second-order valence-electron chi connectivity index (χ2n) is 12.2. The number of carbonyl (C=O) groups is 1. The number of benzene rings is 2. The van der Waals surface area contributed by atoms with Crippen molar-refractivity contribution in [2.24, 2.45) is 5.92 Å². The van der Waals surface area contributed by atoms with Gasteiger partial charge in [0.25, 0.3) is 0 Å². The quantitative estimate of drug-likeness (QED) is 0.343. The number of piperazine rings is 1. The van der Waals surface area contributed by atoms with E-state index in [2.05, 4.69) is 25.1 Å². The smallest absolute Gasteiger partial charge is 0.419 e. The minimum Gasteiger partial charge on any atom is -0.494 e. The number of anilines is 3. The Morgan fingerprint density at radius 3 is 2.43 bits per heavy atom. The van der Waals surface area contributed by atoms with Gasteiger partial charge in [-0.3, -0.25) is 9.69 Å². The standard InChI is InChI=1S/C32H40F3N7O4S/c1-39(2)29(43)20-41-12-14-42(15-13-41)23-10-11-26(28(18-23)46-4)37-31-36-19-25(32(33,34)35)27(38-31)17-22-16-21-8-6-7-9-24(21)30(22)40(3)47(5,44)45/h6-11,18-19,22,30H,12-17,20H2,1-5H3,(H,36,37,38)/t22-,30-/m0/s1. The molecule has 2 heterocycles. The van der Waals surface area contributed by atoms with Crippen LogP contribution in [0.1, 0.15) is 28.4 Å². The van der Waals surface area contributed by atoms with Crippen LogP contribution in [0.5, 0.6) is 5.75 Å². The number of amides is 1. The summed E-state index contributed by atoms with van der Waals surface area (Å²) in [6.07, 6.45) is -2.57. The van der Waals surface area contributed by atoms with Crippen LogP contribution in [0.3, 0.4) is 0 Å². The van der Waals surface area contributed by atoms with Gasteiger partial charge in [-0.15, -0.1) is 0 Å². The molecule has 1 fully saturated rings. The van der Waals surface area contributed by atoms with E-state index < -0.39 is 33.7 Å². The van der Waals surface area contributed by atoms with Crippen LogP contribution in [-0.4, -0.2) is 106 Å². The van der Waals surface area contributed by atoms with Crippen LogP contribution < -0.4 is 15.0 Å². The molecule has 0 radical (unpaired) electrons. The lowest BCUT2D eigenvalue weighted by Crippen LogP contribution is -2.49. The molecule has 1 aliphatic carbocycles. The normalized spacial score (nSPS) is 18.7. The highest BCUT2D eigenvalue weighted by molar-refractivity contribution is 7.88. The maximum Gasteiger partial charge on any atom is 0.419 e. The van der Waals surface area contributed by atoms with E-state index in [1.807, 2.05) is 30.3 Å². The maximum absolute atomic E-state index is 14.2. The summed E-state index contributed by atoms with van der Waals surface area (Å²) in [5, 5.41) is 3.02. The van der Waals surface area contributed by atoms with Crippen molar-refractivity contribution in [3.05, 3.63) is 71.0 Å². The number of fused-ring (bicyclic) bond motifs is 1. The second kappa shape index (κ2) is 13.6. The predicted octanol–water partition coefficient (Wildman–Crippen LogP) is 3.81. The summed E-state index contributed by atoms with van der Waals surface area (Å²) in [7, 11) is 2.79. The van der Waals surface area contributed by atoms with E-state index in [0.717, 1.165) is 42.4 Å². The van der Waals surface area contributed by atoms with Crippen molar-refractivity contribution in [2.45, 2.75) is 25.1 Å². The van der Waals surface area contributed by atoms with Crippen LogP contribution in [0.15, 0.2) is 48.7 Å². The molecule has 2 aromatic carbocycles. The summed E-state index contributed by atoms with van der Waals surface area (Å²) in [4.78, 5) is 26.3. The van der Waals surface area contributed by atoms with Gasteiger partial charge in [0.2, 0.25) is 21.9 Å². The van der Waals surface area contributed by atoms with Crippen molar-refractivity contribution in [2.75, 3.05) is 77.4 Å². The molecule has 0 spiro atoms. The summed E-state index contributed by atoms with van der Waals surface area (Å²) in [5.41, 5.74) is 1.86. The first-order valence-electron chi connectivity index (χ1n) is 15.2. The van der Waals surface area contributed by atoms with E-state index in [1.54, 1.807) is 31.1 Å². The molecule has 15 heteroatoms. The average molecular weight is 676 g/mol. The Kier molecular flexibility index (Phi) is 9.99. The molecule has 0 saturated carbocycles. The Labute approximate surface area is 273 Å². The minimum absolute atomic E-state index is 0.0400. The Balaban J connectivity index is 1.37. The van der Waals surface area contributed by atoms with Gasteiger partial charge in [0.05, 0.1) is 42.9 Å². The van der Waals surface area contributed by atoms with Crippen LogP contribution in [0.2, 0.25) is 0 Å². The molecule has 0 bridgehead atoms. The summed E-state index contributed by atoms with van der Waals surface area (Å²) < 4.78 is 74.5. The second-order valence-corrected chi connectivity index (χ2v) is 14.2. The third kappa shape index (κ3) is 7.79. The number of carbonyl (C=O) groups excluding carboxylic acids is 1. The lowest BCUT2D eigenvalue weighted by molar-refractivity contribution is -0.138. The fourth-order valence-corrected chi connectivity index (χ4v) is 6.95. The Morgan fingerprint density at radius 1 is 1.09 bits per heavy atom. The summed E-state index contributed by atoms with van der Waals surface area (Å²) in [6, 6.07) is 12.2. The molecular formula is C32H40F3N7O4S. The predicted molar refractivity (Wildman–Crippen MR) is 173 cm³/mol. The lowest BCUT2D eigenvalue weighted by Gasteiger charge is -2.36. The molecule has 2 atom stereocenters. The fraction of sp³-hybridized carbons (Fsp3) is 0.469. The number of likely N-dealkylation sites (N-methyl/N-ethyl adjacent to an activating group) is 1. The van der Waals surface area contributed by atoms with Crippen molar-refractivity contribution in [3.8, 4) is 5.75 Å². The molecule has 47 heavy (non-hydrogen) atoms. The van der Waals surface area contributed by atoms with E-state index in [-0.39, 0.29) is 24.0 Å². The zero-order valence-corrected chi connectivity index (χ0v) is 27.9. The molecule has 0 unspecified atom stereocenters. The van der Waals surface area contributed by atoms with Gasteiger partial charge in [-0.2, -0.15) is 17.5 Å². The first kappa shape index (κ1) is 34.4. The van der Waals surface area contributed by atoms with Crippen LogP contribution in [-0.2, 0) is 33.8 Å². The molecule has 3 aromatic rings. The highest BCUT2D eigenvalue weighted by Crippen LogP contribution is 2.44. The molecule has 11 nitrogen and oxygen atoms in total. The molecule has 1 amide bonds. The molecule has 2 aliphatic rings. The SMILES string of the molecule is COc1cc(N2CCN(CC(=O)N(C)C)CC2)ccc1Nc1ncc(C(F)(F)F)c(C[C@@H]2Cc3ccccc3[C@H]2N(C)S(C)(=O)=O)n1. The molecule has 254 valence electrons. The lowest BCUT2D eigenvalue weighted by atomic mass is 9.93. The number of hydrogen-bond acceptors (Lipinski definition) is 9. The van der Waals surface area contributed by atoms with Gasteiger partial charge in [0.15, 0.2) is 0 Å². The average Bonchev–Trinajstić information content (AvgIpc) is 3.37. The van der Waals surface area contributed by atoms with Crippen molar-refractivity contribution in [3.63, 3.8) is 0 Å². The van der Waals surface area contributed by atoms with Gasteiger partial charge in [-0.25, -0.2) is 18.4 Å². The number of alkyl halides is 3. The first-order valence-corrected chi connectivity index (χ1v) is 17.1. The number of nitrogens with zero attached hydrogens (tertiary/aromatic N) is 6. The number of ether oxygens (including phenoxy) is 1. The van der Waals surface area contributed by atoms with Gasteiger partial charge in [0.1, 0.15) is 5.75 Å². The van der Waals surface area contributed by atoms with Gasteiger partial charge >= 0.3 is 6.18 Å². The zero-order chi connectivity index (χ0) is 34.1. The Morgan fingerprint density at radius 2 is 1.79 bits per heavy atom. The summed E-state index contributed by atoms with van der Waals surface area (Å²) in [5.74, 6) is -0.00885. The monoisotopic (exact) mass is 675 g/mol. The number of nitrogens with one attached hydrogen (secondary N) is 1. The van der Waals surface area contributed by atoms with Crippen LogP contribution in [0.4, 0.5) is 30.5 Å². The van der Waals surface area contributed by atoms with Crippen molar-refractivity contribution >= 4 is 33.3 Å². The number of halogens is 3. The molecule has 5 rings (SSSR count). The van der Waals surface area contributed by atoms with Gasteiger partial charge in [-0.1, -0.05) is 24.3 Å². The topological polar surface area (TPSA) is 111 Å². The minimum atomic E-state index is -4.71. The molecule has 1 N–H and O–H groups in total. The fourth-order valence-electron chi connectivity index (χ4n) is 6.25. The maximum atomic E-state index is 14.2. The largest absolute Gasteiger partial charge is 0.494 e. The summed E-state index contributed by atoms with van der Waals surface area (Å²) in [6.45, 7) is 3.23. The highest BCUT2D eigenvalue weighted by Gasteiger charge is 2.41. The van der Waals surface area contributed by atoms with Crippen molar-refractivity contribution in [1.29, 1.82) is 0 Å². The first-order chi connectivity index (χ1) is 22.2.